The number of phenolic OH excluding ortho intramolecular Hbond substituents is 1. The molecule has 514 valence electrons. The first kappa shape index (κ1) is 80.3. The summed E-state index contributed by atoms with van der Waals surface area (Å²) in [7, 11) is 0. The van der Waals surface area contributed by atoms with Gasteiger partial charge in [-0.25, -0.2) is 0 Å². The molecule has 0 bridgehead atoms. The Morgan fingerprint density at radius 2 is 0.793 bits per heavy atom. The number of unbranched alkanes of at least 4 members (excludes halogenated alkanes) is 1. The fraction of sp³-hybridized carbons (Fsp3) is 0.585. The Kier molecular flexibility index (Phi) is 35.6. The number of primary amides is 3. The summed E-state index contributed by atoms with van der Waals surface area (Å²) >= 11 is 0. The molecule has 39 nitrogen and oxygen atoms in total. The lowest BCUT2D eigenvalue weighted by atomic mass is 10.0. The van der Waals surface area contributed by atoms with Crippen molar-refractivity contribution in [2.24, 2.45) is 22.9 Å². The Bertz CT molecular complexity index is 2780. The number of aromatic hydroxyl groups is 1. The van der Waals surface area contributed by atoms with Crippen molar-refractivity contribution in [1.29, 1.82) is 0 Å². The number of rotatable bonds is 43. The van der Waals surface area contributed by atoms with Crippen LogP contribution in [0.5, 0.6) is 5.75 Å². The van der Waals surface area contributed by atoms with Crippen molar-refractivity contribution in [3.63, 3.8) is 0 Å². The Hall–Kier alpha value is -9.70. The molecular weight excluding hydrogens is 1230 g/mol. The minimum Gasteiger partial charge on any atom is -0.508 e. The summed E-state index contributed by atoms with van der Waals surface area (Å²) in [6.45, 7) is -0.170. The van der Waals surface area contributed by atoms with Crippen LogP contribution in [0.15, 0.2) is 24.3 Å². The van der Waals surface area contributed by atoms with Gasteiger partial charge in [0, 0.05) is 26.2 Å². The second-order valence-electron chi connectivity index (χ2n) is 20.8. The number of nitrogens with one attached hydrogen (secondary N) is 12. The zero-order chi connectivity index (χ0) is 70.1. The number of aliphatic hydroxyl groups is 5. The maximum absolute atomic E-state index is 14.2. The molecule has 13 atom stereocenters. The van der Waals surface area contributed by atoms with Gasteiger partial charge >= 0.3 is 5.97 Å². The van der Waals surface area contributed by atoms with Crippen molar-refractivity contribution in [3.8, 4) is 5.75 Å². The van der Waals surface area contributed by atoms with Crippen molar-refractivity contribution >= 4 is 94.6 Å². The van der Waals surface area contributed by atoms with Crippen molar-refractivity contribution in [2.45, 2.75) is 164 Å². The number of hydrogen-bond acceptors (Lipinski definition) is 23. The van der Waals surface area contributed by atoms with Gasteiger partial charge in [-0.05, 0) is 77.1 Å². The van der Waals surface area contributed by atoms with Crippen LogP contribution < -0.4 is 86.7 Å². The first-order valence-electron chi connectivity index (χ1n) is 28.4. The number of benzene rings is 1. The normalized spacial score (nSPS) is 15.2. The average Bonchev–Trinajstić information content (AvgIpc) is 2.65. The molecule has 1 rings (SSSR count). The minimum absolute atomic E-state index is 0.103. The molecule has 0 saturated carbocycles. The Morgan fingerprint density at radius 1 is 0.424 bits per heavy atom. The number of amides is 15. The summed E-state index contributed by atoms with van der Waals surface area (Å²) in [6.07, 6.45) is -4.84. The van der Waals surface area contributed by atoms with E-state index in [4.69, 9.17) is 28.0 Å². The summed E-state index contributed by atoms with van der Waals surface area (Å²) in [5.74, 6) is -18.7. The minimum atomic E-state index is -2.06. The van der Waals surface area contributed by atoms with E-state index < -0.39 is 238 Å². The lowest BCUT2D eigenvalue weighted by molar-refractivity contribution is -0.139. The molecule has 0 aromatic heterocycles. The van der Waals surface area contributed by atoms with Crippen molar-refractivity contribution in [2.75, 3.05) is 33.0 Å². The van der Waals surface area contributed by atoms with Crippen LogP contribution in [-0.2, 0) is 83.1 Å². The molecule has 0 unspecified atom stereocenters. The highest BCUT2D eigenvalue weighted by atomic mass is 16.4. The summed E-state index contributed by atoms with van der Waals surface area (Å²) in [5, 5.41) is 95.9. The zero-order valence-corrected chi connectivity index (χ0v) is 50.7. The van der Waals surface area contributed by atoms with Crippen LogP contribution >= 0.6 is 0 Å². The fourth-order valence-corrected chi connectivity index (χ4v) is 8.03. The number of carboxylic acids is 1. The third-order valence-electron chi connectivity index (χ3n) is 13.1. The monoisotopic (exact) mass is 1310 g/mol. The molecular formula is C53H84N16O23. The van der Waals surface area contributed by atoms with E-state index in [2.05, 4.69) is 47.9 Å². The first-order chi connectivity index (χ1) is 43.1. The van der Waals surface area contributed by atoms with Crippen LogP contribution in [0.25, 0.3) is 0 Å². The molecule has 27 N–H and O–H groups in total. The van der Waals surface area contributed by atoms with Crippen molar-refractivity contribution < 1.29 is 112 Å². The van der Waals surface area contributed by atoms with Gasteiger partial charge in [0.05, 0.1) is 39.0 Å². The van der Waals surface area contributed by atoms with Crippen molar-refractivity contribution in [1.82, 2.24) is 63.8 Å². The average molecular weight is 1310 g/mol. The number of aliphatic hydroxyl groups excluding tert-OH is 5. The second kappa shape index (κ2) is 40.8. The molecule has 39 heteroatoms. The summed E-state index contributed by atoms with van der Waals surface area (Å²) < 4.78 is 0. The molecule has 0 fully saturated rings. The quantitative estimate of drug-likeness (QED) is 0.0270. The van der Waals surface area contributed by atoms with E-state index >= 15 is 0 Å². The SMILES string of the molecule is CC(=O)N[C@@H](C)C(=O)N[C@@H](CC(N)=O)C(=O)N[C@@H](CCCCN)C(=O)N[C@@H](C)C(=O)N[C@@H](CO)C(=O)N[C@@H](Cc1ccc(O)cc1)C(=O)N[C@@H](CCC(N)=O)C(=O)N[C@@H](CO)C(=O)N[C@@H](CO)C(=O)N[C@H](CO)C(=O)N[C@@H](C(=O)N[C@H](CCC(=O)O)C(N)=O)[C@@H](C)O. The molecule has 0 radical (unpaired) electrons. The van der Waals surface area contributed by atoms with Gasteiger partial charge in [-0.2, -0.15) is 0 Å². The molecule has 0 heterocycles. The first-order valence-corrected chi connectivity index (χ1v) is 28.4. The molecule has 92 heavy (non-hydrogen) atoms. The van der Waals surface area contributed by atoms with E-state index in [1.807, 2.05) is 16.0 Å². The van der Waals surface area contributed by atoms with E-state index in [0.29, 0.717) is 6.42 Å². The van der Waals surface area contributed by atoms with Crippen LogP contribution in [-0.4, -0.2) is 242 Å². The van der Waals surface area contributed by atoms with Crippen LogP contribution in [0, 0.1) is 0 Å². The van der Waals surface area contributed by atoms with E-state index in [-0.39, 0.29) is 30.7 Å². The number of nitrogens with two attached hydrogens (primary N) is 4. The van der Waals surface area contributed by atoms with E-state index in [0.717, 1.165) is 20.8 Å². The zero-order valence-electron chi connectivity index (χ0n) is 50.7. The Morgan fingerprint density at radius 3 is 1.22 bits per heavy atom. The third kappa shape index (κ3) is 29.3. The van der Waals surface area contributed by atoms with Gasteiger partial charge in [-0.15, -0.1) is 0 Å². The van der Waals surface area contributed by atoms with Gasteiger partial charge in [-0.3, -0.25) is 76.7 Å². The number of carbonyl (C=O) groups is 16. The van der Waals surface area contributed by atoms with Gasteiger partial charge in [0.2, 0.25) is 88.6 Å². The number of hydrogen-bond donors (Lipinski definition) is 23. The van der Waals surface area contributed by atoms with Crippen molar-refractivity contribution in [3.05, 3.63) is 29.8 Å². The Balaban J connectivity index is 3.40. The lowest BCUT2D eigenvalue weighted by Crippen LogP contribution is -2.62. The predicted molar refractivity (Wildman–Crippen MR) is 313 cm³/mol. The van der Waals surface area contributed by atoms with E-state index in [9.17, 15) is 107 Å². The molecule has 0 aliphatic carbocycles. The molecule has 0 aliphatic heterocycles. The fourth-order valence-electron chi connectivity index (χ4n) is 8.03. The highest BCUT2D eigenvalue weighted by molar-refractivity contribution is 6.00. The van der Waals surface area contributed by atoms with Gasteiger partial charge in [0.15, 0.2) is 0 Å². The van der Waals surface area contributed by atoms with Crippen LogP contribution in [0.3, 0.4) is 0 Å². The maximum Gasteiger partial charge on any atom is 0.303 e. The predicted octanol–water partition coefficient (Wildman–Crippen LogP) is -12.2. The molecule has 1 aromatic carbocycles. The van der Waals surface area contributed by atoms with Gasteiger partial charge in [0.25, 0.3) is 0 Å². The smallest absolute Gasteiger partial charge is 0.303 e. The highest BCUT2D eigenvalue weighted by Crippen LogP contribution is 2.13. The van der Waals surface area contributed by atoms with Crippen LogP contribution in [0.4, 0.5) is 0 Å². The summed E-state index contributed by atoms with van der Waals surface area (Å²) in [6, 6.07) is -15.9. The Labute approximate surface area is 525 Å². The number of carboxylic acid groups (broad SMARTS) is 1. The van der Waals surface area contributed by atoms with Gasteiger partial charge in [-0.1, -0.05) is 12.1 Å². The molecule has 0 saturated heterocycles. The number of aliphatic carboxylic acids is 1. The highest BCUT2D eigenvalue weighted by Gasteiger charge is 2.37. The molecule has 15 amide bonds. The van der Waals surface area contributed by atoms with Gasteiger partial charge < -0.3 is 122 Å². The topological polar surface area (TPSA) is 663 Å². The van der Waals surface area contributed by atoms with Crippen LogP contribution in [0.2, 0.25) is 0 Å². The van der Waals surface area contributed by atoms with Crippen LogP contribution in [0.1, 0.15) is 84.6 Å². The number of carbonyl (C=O) groups excluding carboxylic acids is 15. The summed E-state index contributed by atoms with van der Waals surface area (Å²) in [4.78, 5) is 206. The third-order valence-corrected chi connectivity index (χ3v) is 13.1. The summed E-state index contributed by atoms with van der Waals surface area (Å²) in [5.41, 5.74) is 21.7. The molecule has 1 aromatic rings. The van der Waals surface area contributed by atoms with E-state index in [1.54, 1.807) is 0 Å². The molecule has 0 spiro atoms. The molecule has 0 aliphatic rings. The number of phenols is 1. The van der Waals surface area contributed by atoms with E-state index in [1.165, 1.54) is 31.2 Å². The lowest BCUT2D eigenvalue weighted by Gasteiger charge is -2.27. The second-order valence-corrected chi connectivity index (χ2v) is 20.8. The largest absolute Gasteiger partial charge is 0.508 e. The standard InChI is InChI=1S/C53H84N16O23/c1-23(58-26(4)75)43(82)63-33(18-39(56)78)48(87)61-30(7-5-6-16-54)45(84)59-24(2)44(83)65-34(19-70)49(88)64-32(17-27-8-10-28(76)11-9-27)47(86)62-31(12-14-38(55)77)46(85)66-35(20-71)50(89)67-36(21-72)51(90)68-37(22-73)52(91)69-41(25(3)74)53(92)60-29(42(57)81)13-15-40(79)80/h8-11,23-25,29-37,41,70-74,76H,5-7,12-22,54H2,1-4H3,(H2,55,77)(H2,56,78)(H2,57,81)(H,58,75)(H,59,84)(H,60,92)(H,61,87)(H,62,86)(H,63,82)(H,64,88)(H,65,83)(H,66,85)(H,67,89)(H,68,90)(H,69,91)(H,79,80)/t23-,24-,25+,29+,30-,31-,32-,33-,34-,35-,36-,37+,41+/m0/s1. The van der Waals surface area contributed by atoms with Gasteiger partial charge in [0.1, 0.15) is 78.3 Å². The maximum atomic E-state index is 14.2.